The van der Waals surface area contributed by atoms with Gasteiger partial charge in [0.1, 0.15) is 18.0 Å². The summed E-state index contributed by atoms with van der Waals surface area (Å²) in [5, 5.41) is 7.69. The number of amides is 1. The number of anilines is 2. The third kappa shape index (κ3) is 4.70. The minimum atomic E-state index is -0.205. The van der Waals surface area contributed by atoms with Gasteiger partial charge >= 0.3 is 0 Å². The Hall–Kier alpha value is -3.52. The molecule has 0 atom stereocenters. The molecule has 8 nitrogen and oxygen atoms in total. The number of ether oxygens (including phenoxy) is 3. The van der Waals surface area contributed by atoms with E-state index in [1.54, 1.807) is 37.1 Å². The monoisotopic (exact) mass is 436 g/mol. The molecule has 1 aliphatic heterocycles. The van der Waals surface area contributed by atoms with Crippen molar-refractivity contribution in [3.63, 3.8) is 0 Å². The molecule has 1 fully saturated rings. The molecule has 168 valence electrons. The number of carbonyl (C=O) groups excluding carboxylic acids is 1. The number of morpholine rings is 1. The van der Waals surface area contributed by atoms with Gasteiger partial charge in [-0.05, 0) is 30.2 Å². The molecule has 0 spiro atoms. The third-order valence-electron chi connectivity index (χ3n) is 5.47. The Morgan fingerprint density at radius 3 is 2.59 bits per heavy atom. The first-order chi connectivity index (χ1) is 15.6. The summed E-state index contributed by atoms with van der Waals surface area (Å²) in [4.78, 5) is 15.1. The highest BCUT2D eigenvalue weighted by molar-refractivity contribution is 5.92. The molecule has 1 saturated heterocycles. The highest BCUT2D eigenvalue weighted by Crippen LogP contribution is 2.33. The van der Waals surface area contributed by atoms with Crippen LogP contribution in [0.1, 0.15) is 5.56 Å². The van der Waals surface area contributed by atoms with Gasteiger partial charge < -0.3 is 24.4 Å². The molecular weight excluding hydrogens is 408 g/mol. The van der Waals surface area contributed by atoms with Crippen molar-refractivity contribution in [2.24, 2.45) is 0 Å². The predicted octanol–water partition coefficient (Wildman–Crippen LogP) is 3.35. The minimum Gasteiger partial charge on any atom is -0.497 e. The lowest BCUT2D eigenvalue weighted by Crippen LogP contribution is -2.37. The molecule has 2 aromatic carbocycles. The number of hydrogen-bond acceptors (Lipinski definition) is 6. The smallest absolute Gasteiger partial charge is 0.246 e. The molecule has 1 N–H and O–H groups in total. The van der Waals surface area contributed by atoms with Crippen molar-refractivity contribution in [2.75, 3.05) is 50.7 Å². The van der Waals surface area contributed by atoms with Crippen molar-refractivity contribution in [3.8, 4) is 22.6 Å². The van der Waals surface area contributed by atoms with Gasteiger partial charge in [0.2, 0.25) is 5.91 Å². The SMILES string of the molecule is COc1ccc(OC)c(NC(=O)Cn2cc(-c3ccccc3C)c(N3CCOCC3)n2)c1. The average molecular weight is 437 g/mol. The fraction of sp³-hybridized carbons (Fsp3) is 0.333. The van der Waals surface area contributed by atoms with Crippen LogP contribution in [0.5, 0.6) is 11.5 Å². The van der Waals surface area contributed by atoms with Crippen LogP contribution >= 0.6 is 0 Å². The molecule has 32 heavy (non-hydrogen) atoms. The lowest BCUT2D eigenvalue weighted by atomic mass is 10.0. The van der Waals surface area contributed by atoms with E-state index >= 15 is 0 Å². The molecular formula is C24H28N4O4. The zero-order valence-electron chi connectivity index (χ0n) is 18.6. The summed E-state index contributed by atoms with van der Waals surface area (Å²) in [6, 6.07) is 13.5. The van der Waals surface area contributed by atoms with Crippen molar-refractivity contribution in [1.29, 1.82) is 0 Å². The first-order valence-corrected chi connectivity index (χ1v) is 10.6. The molecule has 0 bridgehead atoms. The van der Waals surface area contributed by atoms with E-state index in [2.05, 4.69) is 29.3 Å². The fourth-order valence-corrected chi connectivity index (χ4v) is 3.81. The molecule has 0 radical (unpaired) electrons. The lowest BCUT2D eigenvalue weighted by Gasteiger charge is -2.27. The maximum absolute atomic E-state index is 12.8. The number of benzene rings is 2. The highest BCUT2D eigenvalue weighted by atomic mass is 16.5. The Bertz CT molecular complexity index is 1090. The first kappa shape index (κ1) is 21.7. The van der Waals surface area contributed by atoms with Crippen molar-refractivity contribution < 1.29 is 19.0 Å². The standard InChI is InChI=1S/C24H28N4O4/c1-17-6-4-5-7-19(17)20-15-28(26-24(20)27-10-12-32-13-11-27)16-23(29)25-21-14-18(30-2)8-9-22(21)31-3/h4-9,14-15H,10-13,16H2,1-3H3,(H,25,29). The fourth-order valence-electron chi connectivity index (χ4n) is 3.81. The van der Waals surface area contributed by atoms with Gasteiger partial charge in [0, 0.05) is 30.9 Å². The van der Waals surface area contributed by atoms with E-state index in [1.165, 1.54) is 0 Å². The van der Waals surface area contributed by atoms with E-state index in [0.29, 0.717) is 30.4 Å². The summed E-state index contributed by atoms with van der Waals surface area (Å²) < 4.78 is 17.8. The van der Waals surface area contributed by atoms with Crippen LogP contribution < -0.4 is 19.7 Å². The summed E-state index contributed by atoms with van der Waals surface area (Å²) in [6.07, 6.45) is 1.94. The Balaban J connectivity index is 1.60. The van der Waals surface area contributed by atoms with Gasteiger partial charge in [-0.3, -0.25) is 9.48 Å². The topological polar surface area (TPSA) is 77.9 Å². The van der Waals surface area contributed by atoms with Crippen LogP contribution in [-0.4, -0.2) is 56.2 Å². The van der Waals surface area contributed by atoms with Gasteiger partial charge in [-0.15, -0.1) is 0 Å². The summed E-state index contributed by atoms with van der Waals surface area (Å²) in [5.74, 6) is 1.86. The van der Waals surface area contributed by atoms with Crippen molar-refractivity contribution in [1.82, 2.24) is 9.78 Å². The number of hydrogen-bond donors (Lipinski definition) is 1. The molecule has 0 unspecified atom stereocenters. The second-order valence-corrected chi connectivity index (χ2v) is 7.59. The van der Waals surface area contributed by atoms with Gasteiger partial charge in [-0.2, -0.15) is 5.10 Å². The van der Waals surface area contributed by atoms with Crippen LogP contribution in [0.2, 0.25) is 0 Å². The second kappa shape index (κ2) is 9.74. The molecule has 1 aromatic heterocycles. The number of nitrogens with one attached hydrogen (secondary N) is 1. The number of methoxy groups -OCH3 is 2. The van der Waals surface area contributed by atoms with Gasteiger partial charge in [-0.25, -0.2) is 0 Å². The summed E-state index contributed by atoms with van der Waals surface area (Å²) >= 11 is 0. The molecule has 0 aliphatic carbocycles. The number of aromatic nitrogens is 2. The van der Waals surface area contributed by atoms with Crippen LogP contribution in [0.4, 0.5) is 11.5 Å². The number of carbonyl (C=O) groups is 1. The van der Waals surface area contributed by atoms with Crippen LogP contribution in [0, 0.1) is 6.92 Å². The van der Waals surface area contributed by atoms with Gasteiger partial charge in [-0.1, -0.05) is 24.3 Å². The molecule has 0 saturated carbocycles. The van der Waals surface area contributed by atoms with Crippen LogP contribution in [0.3, 0.4) is 0 Å². The van der Waals surface area contributed by atoms with Gasteiger partial charge in [0.05, 0.1) is 33.1 Å². The lowest BCUT2D eigenvalue weighted by molar-refractivity contribution is -0.116. The summed E-state index contributed by atoms with van der Waals surface area (Å²) in [5.41, 5.74) is 3.83. The third-order valence-corrected chi connectivity index (χ3v) is 5.47. The van der Waals surface area contributed by atoms with E-state index in [1.807, 2.05) is 18.3 Å². The Kier molecular flexibility index (Phi) is 6.61. The molecule has 1 aliphatic rings. The maximum Gasteiger partial charge on any atom is 0.246 e. The van der Waals surface area contributed by atoms with E-state index in [0.717, 1.165) is 35.6 Å². The molecule has 2 heterocycles. The number of nitrogens with zero attached hydrogens (tertiary/aromatic N) is 3. The van der Waals surface area contributed by atoms with Crippen molar-refractivity contribution >= 4 is 17.4 Å². The zero-order valence-corrected chi connectivity index (χ0v) is 18.6. The largest absolute Gasteiger partial charge is 0.497 e. The van der Waals surface area contributed by atoms with Crippen LogP contribution in [0.15, 0.2) is 48.7 Å². The Morgan fingerprint density at radius 2 is 1.88 bits per heavy atom. The maximum atomic E-state index is 12.8. The normalized spacial score (nSPS) is 13.7. The van der Waals surface area contributed by atoms with E-state index < -0.39 is 0 Å². The number of aryl methyl sites for hydroxylation is 1. The number of rotatable bonds is 7. The van der Waals surface area contributed by atoms with E-state index in [9.17, 15) is 4.79 Å². The van der Waals surface area contributed by atoms with Crippen LogP contribution in [-0.2, 0) is 16.1 Å². The van der Waals surface area contributed by atoms with Crippen molar-refractivity contribution in [3.05, 3.63) is 54.2 Å². The van der Waals surface area contributed by atoms with E-state index in [4.69, 9.17) is 19.3 Å². The first-order valence-electron chi connectivity index (χ1n) is 10.6. The Morgan fingerprint density at radius 1 is 1.09 bits per heavy atom. The summed E-state index contributed by atoms with van der Waals surface area (Å²) in [6.45, 7) is 5.01. The van der Waals surface area contributed by atoms with Crippen molar-refractivity contribution in [2.45, 2.75) is 13.5 Å². The van der Waals surface area contributed by atoms with Gasteiger partial charge in [0.25, 0.3) is 0 Å². The molecule has 1 amide bonds. The molecule has 8 heteroatoms. The Labute approximate surface area is 187 Å². The highest BCUT2D eigenvalue weighted by Gasteiger charge is 2.21. The van der Waals surface area contributed by atoms with Gasteiger partial charge in [0.15, 0.2) is 5.82 Å². The quantitative estimate of drug-likeness (QED) is 0.612. The predicted molar refractivity (Wildman–Crippen MR) is 124 cm³/mol. The van der Waals surface area contributed by atoms with Crippen LogP contribution in [0.25, 0.3) is 11.1 Å². The second-order valence-electron chi connectivity index (χ2n) is 7.59. The van der Waals surface area contributed by atoms with E-state index in [-0.39, 0.29) is 12.5 Å². The average Bonchev–Trinajstić information content (AvgIpc) is 3.23. The zero-order chi connectivity index (χ0) is 22.5. The minimum absolute atomic E-state index is 0.0730. The molecule has 3 aromatic rings. The molecule has 4 rings (SSSR count). The summed E-state index contributed by atoms with van der Waals surface area (Å²) in [7, 11) is 3.14.